The maximum atomic E-state index is 10.9. The lowest BCUT2D eigenvalue weighted by molar-refractivity contribution is -0.904. The molecule has 0 bridgehead atoms. The first kappa shape index (κ1) is 16.5. The number of hydrogen-bond acceptors (Lipinski definition) is 3. The fourth-order valence-corrected chi connectivity index (χ4v) is 0.671. The Balaban J connectivity index is 0. The highest BCUT2D eigenvalue weighted by molar-refractivity contribution is 7.45. The molecule has 0 saturated heterocycles. The highest BCUT2D eigenvalue weighted by atomic mass is 31.2. The molecule has 0 aromatic carbocycles. The summed E-state index contributed by atoms with van der Waals surface area (Å²) in [6.45, 7) is 10.5. The van der Waals surface area contributed by atoms with Crippen molar-refractivity contribution in [3.05, 3.63) is 0 Å². The second-order valence-electron chi connectivity index (χ2n) is 3.18. The lowest BCUT2D eigenvalue weighted by atomic mass is 10.4. The van der Waals surface area contributed by atoms with E-state index in [1.54, 1.807) is 0 Å². The fourth-order valence-electron chi connectivity index (χ4n) is 0.671. The van der Waals surface area contributed by atoms with Gasteiger partial charge in [0.05, 0.1) is 26.7 Å². The van der Waals surface area contributed by atoms with Gasteiger partial charge in [0.15, 0.2) is 0 Å². The van der Waals surface area contributed by atoms with Crippen molar-refractivity contribution in [3.63, 3.8) is 0 Å². The molecule has 88 valence electrons. The van der Waals surface area contributed by atoms with E-state index in [2.05, 4.69) is 32.3 Å². The van der Waals surface area contributed by atoms with Crippen molar-refractivity contribution in [2.45, 2.75) is 20.8 Å². The minimum atomic E-state index is -4.90. The molecule has 4 nitrogen and oxygen atoms in total. The Hall–Kier alpha value is 0.0400. The summed E-state index contributed by atoms with van der Waals surface area (Å²) < 4.78 is 24.5. The molecule has 6 heteroatoms. The van der Waals surface area contributed by atoms with Crippen LogP contribution in [0, 0.1) is 0 Å². The van der Waals surface area contributed by atoms with Crippen molar-refractivity contribution in [1.29, 1.82) is 0 Å². The summed E-state index contributed by atoms with van der Waals surface area (Å²) in [6, 6.07) is 0. The molecule has 0 radical (unpaired) electrons. The normalized spacial score (nSPS) is 15.4. The monoisotopic (exact) mass is 229 g/mol. The molecule has 0 aliphatic carbocycles. The van der Waals surface area contributed by atoms with Gasteiger partial charge in [0.25, 0.3) is 0 Å². The third-order valence-electron chi connectivity index (χ3n) is 2.51. The van der Waals surface area contributed by atoms with Crippen LogP contribution in [0.1, 0.15) is 20.8 Å². The van der Waals surface area contributed by atoms with Crippen molar-refractivity contribution >= 4 is 7.91 Å². The Morgan fingerprint density at radius 3 is 1.50 bits per heavy atom. The SMILES string of the molecule is CC[N+](C)(CC)CC.COP(=O)([O-])F. The number of halogens is 1. The highest BCUT2D eigenvalue weighted by Crippen LogP contribution is 2.36. The number of hydrogen-bond donors (Lipinski definition) is 0. The standard InChI is InChI=1S/C7H18N.CH4FO3P/c1-5-8(4,6-2)7-3;1-5-6(2,3)4/h5-7H2,1-4H3;1H3,(H,3,4)/q+1;/p-1. The average molecular weight is 229 g/mol. The molecule has 0 heterocycles. The molecule has 0 spiro atoms. The number of quaternary nitrogens is 1. The van der Waals surface area contributed by atoms with Gasteiger partial charge in [-0.15, -0.1) is 0 Å². The lowest BCUT2D eigenvalue weighted by Gasteiger charge is -2.30. The van der Waals surface area contributed by atoms with E-state index in [-0.39, 0.29) is 0 Å². The van der Waals surface area contributed by atoms with Crippen LogP contribution in [0.15, 0.2) is 0 Å². The van der Waals surface area contributed by atoms with Gasteiger partial charge >= 0.3 is 7.91 Å². The van der Waals surface area contributed by atoms with Gasteiger partial charge in [-0.3, -0.25) is 4.57 Å². The molecule has 1 atom stereocenters. The topological polar surface area (TPSA) is 49.4 Å². The maximum Gasteiger partial charge on any atom is 0.307 e. The molecule has 0 aromatic rings. The van der Waals surface area contributed by atoms with E-state index in [4.69, 9.17) is 9.46 Å². The summed E-state index contributed by atoms with van der Waals surface area (Å²) >= 11 is 0. The fraction of sp³-hybridized carbons (Fsp3) is 1.00. The van der Waals surface area contributed by atoms with Crippen LogP contribution >= 0.6 is 7.91 Å². The first-order valence-electron chi connectivity index (χ1n) is 4.64. The summed E-state index contributed by atoms with van der Waals surface area (Å²) in [7, 11) is -1.85. The molecule has 0 amide bonds. The van der Waals surface area contributed by atoms with Crippen molar-refractivity contribution in [2.75, 3.05) is 33.8 Å². The third kappa shape index (κ3) is 10.1. The van der Waals surface area contributed by atoms with E-state index in [9.17, 15) is 4.20 Å². The van der Waals surface area contributed by atoms with Crippen LogP contribution in [0.2, 0.25) is 0 Å². The molecule has 0 rings (SSSR count). The zero-order valence-corrected chi connectivity index (χ0v) is 10.5. The maximum absolute atomic E-state index is 10.9. The first-order chi connectivity index (χ1) is 6.24. The summed E-state index contributed by atoms with van der Waals surface area (Å²) in [6.07, 6.45) is 0. The first-order valence-corrected chi connectivity index (χ1v) is 6.08. The molecule has 0 aliphatic rings. The Morgan fingerprint density at radius 1 is 1.29 bits per heavy atom. The second-order valence-corrected chi connectivity index (χ2v) is 4.41. The van der Waals surface area contributed by atoms with E-state index < -0.39 is 7.91 Å². The van der Waals surface area contributed by atoms with E-state index in [1.807, 2.05) is 0 Å². The highest BCUT2D eigenvalue weighted by Gasteiger charge is 2.10. The van der Waals surface area contributed by atoms with Crippen LogP contribution < -0.4 is 4.89 Å². The molecule has 0 fully saturated rings. The summed E-state index contributed by atoms with van der Waals surface area (Å²) in [5.41, 5.74) is 0. The molecule has 14 heavy (non-hydrogen) atoms. The molecule has 0 N–H and O–H groups in total. The third-order valence-corrected chi connectivity index (χ3v) is 2.94. The van der Waals surface area contributed by atoms with Crippen LogP contribution in [0.5, 0.6) is 0 Å². The van der Waals surface area contributed by atoms with Gasteiger partial charge in [0.2, 0.25) is 0 Å². The molecule has 0 saturated carbocycles. The van der Waals surface area contributed by atoms with E-state index in [0.29, 0.717) is 0 Å². The van der Waals surface area contributed by atoms with Crippen LogP contribution in [-0.2, 0) is 9.09 Å². The van der Waals surface area contributed by atoms with Crippen molar-refractivity contribution in [2.24, 2.45) is 0 Å². The number of nitrogens with zero attached hydrogens (tertiary/aromatic N) is 1. The minimum absolute atomic E-state index is 0.758. The smallest absolute Gasteiger partial charge is 0.307 e. The predicted octanol–water partition coefficient (Wildman–Crippen LogP) is 1.56. The molecular formula is C8H21FNO3P. The van der Waals surface area contributed by atoms with E-state index >= 15 is 0 Å². The molecular weight excluding hydrogens is 208 g/mol. The summed E-state index contributed by atoms with van der Waals surface area (Å²) in [4.78, 5) is 9.14. The zero-order valence-electron chi connectivity index (χ0n) is 9.62. The minimum Gasteiger partial charge on any atom is -0.753 e. The van der Waals surface area contributed by atoms with E-state index in [1.165, 1.54) is 24.1 Å². The summed E-state index contributed by atoms with van der Waals surface area (Å²) in [5, 5.41) is 0. The Morgan fingerprint density at radius 2 is 1.50 bits per heavy atom. The van der Waals surface area contributed by atoms with Crippen molar-refractivity contribution in [1.82, 2.24) is 0 Å². The quantitative estimate of drug-likeness (QED) is 0.543. The Labute approximate surface area is 85.9 Å². The number of rotatable bonds is 4. The van der Waals surface area contributed by atoms with Gasteiger partial charge in [0.1, 0.15) is 0 Å². The molecule has 0 aliphatic heterocycles. The zero-order chi connectivity index (χ0) is 11.8. The van der Waals surface area contributed by atoms with Gasteiger partial charge in [-0.25, -0.2) is 0 Å². The van der Waals surface area contributed by atoms with E-state index in [0.717, 1.165) is 7.11 Å². The lowest BCUT2D eigenvalue weighted by Crippen LogP contribution is -2.42. The van der Waals surface area contributed by atoms with Gasteiger partial charge in [-0.1, -0.05) is 0 Å². The van der Waals surface area contributed by atoms with Gasteiger partial charge in [-0.2, -0.15) is 4.20 Å². The second kappa shape index (κ2) is 7.35. The van der Waals surface area contributed by atoms with Crippen LogP contribution in [0.4, 0.5) is 4.20 Å². The van der Waals surface area contributed by atoms with Gasteiger partial charge < -0.3 is 13.9 Å². The van der Waals surface area contributed by atoms with Crippen molar-refractivity contribution in [3.8, 4) is 0 Å². The van der Waals surface area contributed by atoms with Crippen LogP contribution in [0.3, 0.4) is 0 Å². The Kier molecular flexibility index (Phi) is 8.64. The van der Waals surface area contributed by atoms with Gasteiger partial charge in [0, 0.05) is 7.11 Å². The Bertz CT molecular complexity index is 171. The molecule has 1 unspecified atom stereocenters. The largest absolute Gasteiger partial charge is 0.753 e. The van der Waals surface area contributed by atoms with Gasteiger partial charge in [-0.05, 0) is 20.8 Å². The van der Waals surface area contributed by atoms with Crippen molar-refractivity contribution < 1.29 is 22.7 Å². The van der Waals surface area contributed by atoms with Crippen LogP contribution in [-0.4, -0.2) is 38.3 Å². The predicted molar refractivity (Wildman–Crippen MR) is 53.5 cm³/mol. The average Bonchev–Trinajstić information content (AvgIpc) is 2.16. The van der Waals surface area contributed by atoms with Crippen LogP contribution in [0.25, 0.3) is 0 Å². The molecule has 0 aromatic heterocycles. The summed E-state index contributed by atoms with van der Waals surface area (Å²) in [5.74, 6) is 0.